The summed E-state index contributed by atoms with van der Waals surface area (Å²) in [6.07, 6.45) is 6.25. The summed E-state index contributed by atoms with van der Waals surface area (Å²) in [7, 11) is 0. The summed E-state index contributed by atoms with van der Waals surface area (Å²) in [6.45, 7) is 7.92. The van der Waals surface area contributed by atoms with Crippen molar-refractivity contribution in [2.75, 3.05) is 12.3 Å². The number of nitrogen functional groups attached to an aromatic ring is 1. The molecule has 2 unspecified atom stereocenters. The molecule has 3 N–H and O–H groups in total. The number of carbonyl (C=O) groups excluding carboxylic acids is 1. The van der Waals surface area contributed by atoms with Crippen LogP contribution in [0.2, 0.25) is 0 Å². The van der Waals surface area contributed by atoms with Gasteiger partial charge >= 0.3 is 0 Å². The van der Waals surface area contributed by atoms with Crippen molar-refractivity contribution in [1.82, 2.24) is 24.8 Å². The van der Waals surface area contributed by atoms with Gasteiger partial charge in [-0.3, -0.25) is 4.79 Å². The maximum atomic E-state index is 12.5. The summed E-state index contributed by atoms with van der Waals surface area (Å²) in [5, 5.41) is 3.07. The zero-order valence-corrected chi connectivity index (χ0v) is 14.6. The van der Waals surface area contributed by atoms with Crippen LogP contribution in [-0.2, 0) is 11.3 Å². The van der Waals surface area contributed by atoms with Crippen molar-refractivity contribution in [3.05, 3.63) is 12.7 Å². The molecule has 24 heavy (non-hydrogen) atoms. The van der Waals surface area contributed by atoms with E-state index in [0.29, 0.717) is 36.0 Å². The highest BCUT2D eigenvalue weighted by Crippen LogP contribution is 2.41. The second-order valence-corrected chi connectivity index (χ2v) is 7.77. The second-order valence-electron chi connectivity index (χ2n) is 7.77. The minimum absolute atomic E-state index is 0.112. The Kier molecular flexibility index (Phi) is 4.43. The zero-order chi connectivity index (χ0) is 17.3. The summed E-state index contributed by atoms with van der Waals surface area (Å²) in [5.41, 5.74) is 7.33. The van der Waals surface area contributed by atoms with E-state index in [0.717, 1.165) is 12.8 Å². The van der Waals surface area contributed by atoms with Gasteiger partial charge in [-0.2, -0.15) is 0 Å². The number of nitrogens with zero attached hydrogens (tertiary/aromatic N) is 4. The van der Waals surface area contributed by atoms with E-state index < -0.39 is 0 Å². The third-order valence-electron chi connectivity index (χ3n) is 4.84. The molecule has 130 valence electrons. The fourth-order valence-electron chi connectivity index (χ4n) is 4.05. The number of nitrogens with two attached hydrogens (primary N) is 1. The molecule has 2 aromatic rings. The normalized spacial score (nSPS) is 23.3. The number of amides is 1. The SMILES string of the molecule is CC1CC(C(=O)NCCn2cnc3c(N)ncnc32)CC(C)(C)C1. The average molecular weight is 330 g/mol. The Bertz CT molecular complexity index is 738. The number of imidazole rings is 1. The Morgan fingerprint density at radius 1 is 1.38 bits per heavy atom. The van der Waals surface area contributed by atoms with Gasteiger partial charge in [-0.05, 0) is 30.6 Å². The van der Waals surface area contributed by atoms with E-state index in [1.165, 1.54) is 12.7 Å². The summed E-state index contributed by atoms with van der Waals surface area (Å²) in [5.74, 6) is 1.25. The molecule has 0 radical (unpaired) electrons. The van der Waals surface area contributed by atoms with Gasteiger partial charge in [0.25, 0.3) is 0 Å². The zero-order valence-electron chi connectivity index (χ0n) is 14.6. The molecular formula is C17H26N6O. The predicted molar refractivity (Wildman–Crippen MR) is 93.0 cm³/mol. The number of hydrogen-bond acceptors (Lipinski definition) is 5. The molecule has 1 fully saturated rings. The lowest BCUT2D eigenvalue weighted by atomic mass is 9.68. The summed E-state index contributed by atoms with van der Waals surface area (Å²) in [6, 6.07) is 0. The third-order valence-corrected chi connectivity index (χ3v) is 4.84. The lowest BCUT2D eigenvalue weighted by molar-refractivity contribution is -0.128. The Balaban J connectivity index is 1.58. The third kappa shape index (κ3) is 3.49. The molecule has 7 nitrogen and oxygen atoms in total. The predicted octanol–water partition coefficient (Wildman–Crippen LogP) is 1.99. The fraction of sp³-hybridized carbons (Fsp3) is 0.647. The average Bonchev–Trinajstić information content (AvgIpc) is 2.90. The van der Waals surface area contributed by atoms with Crippen LogP contribution in [-0.4, -0.2) is 32.0 Å². The van der Waals surface area contributed by atoms with Crippen LogP contribution in [0.1, 0.15) is 40.0 Å². The smallest absolute Gasteiger partial charge is 0.223 e. The molecule has 1 saturated carbocycles. The van der Waals surface area contributed by atoms with Crippen molar-refractivity contribution in [2.45, 2.75) is 46.6 Å². The van der Waals surface area contributed by atoms with E-state index in [1.807, 2.05) is 4.57 Å². The maximum absolute atomic E-state index is 12.5. The molecule has 3 rings (SSSR count). The Morgan fingerprint density at radius 3 is 2.92 bits per heavy atom. The molecule has 0 bridgehead atoms. The van der Waals surface area contributed by atoms with Gasteiger partial charge in [-0.1, -0.05) is 20.8 Å². The van der Waals surface area contributed by atoms with Crippen molar-refractivity contribution in [1.29, 1.82) is 0 Å². The van der Waals surface area contributed by atoms with Crippen LogP contribution in [0, 0.1) is 17.3 Å². The molecule has 2 atom stereocenters. The standard InChI is InChI=1S/C17H26N6O/c1-11-6-12(8-17(2,3)7-11)16(24)19-4-5-23-10-22-13-14(18)20-9-21-15(13)23/h9-12H,4-8H2,1-3H3,(H,19,24)(H2,18,20,21). The molecule has 1 amide bonds. The first-order valence-corrected chi connectivity index (χ1v) is 8.55. The molecule has 1 aliphatic carbocycles. The van der Waals surface area contributed by atoms with Gasteiger partial charge in [0, 0.05) is 19.0 Å². The van der Waals surface area contributed by atoms with Gasteiger partial charge in [0.2, 0.25) is 5.91 Å². The highest BCUT2D eigenvalue weighted by molar-refractivity contribution is 5.81. The quantitative estimate of drug-likeness (QED) is 0.893. The molecule has 2 aromatic heterocycles. The number of carbonyl (C=O) groups is 1. The van der Waals surface area contributed by atoms with Crippen molar-refractivity contribution in [3.63, 3.8) is 0 Å². The number of anilines is 1. The topological polar surface area (TPSA) is 98.7 Å². The summed E-state index contributed by atoms with van der Waals surface area (Å²) in [4.78, 5) is 24.9. The Labute approximate surface area is 142 Å². The van der Waals surface area contributed by atoms with E-state index in [-0.39, 0.29) is 17.2 Å². The Hall–Kier alpha value is -2.18. The summed E-state index contributed by atoms with van der Waals surface area (Å²) < 4.78 is 1.89. The first-order chi connectivity index (χ1) is 11.4. The van der Waals surface area contributed by atoms with Crippen molar-refractivity contribution < 1.29 is 4.79 Å². The van der Waals surface area contributed by atoms with Gasteiger partial charge < -0.3 is 15.6 Å². The van der Waals surface area contributed by atoms with E-state index in [9.17, 15) is 4.79 Å². The second kappa shape index (κ2) is 6.37. The Morgan fingerprint density at radius 2 is 2.17 bits per heavy atom. The molecule has 7 heteroatoms. The van der Waals surface area contributed by atoms with Crippen LogP contribution in [0.25, 0.3) is 11.2 Å². The van der Waals surface area contributed by atoms with Gasteiger partial charge in [0.05, 0.1) is 6.33 Å². The van der Waals surface area contributed by atoms with Crippen LogP contribution in [0.5, 0.6) is 0 Å². The summed E-state index contributed by atoms with van der Waals surface area (Å²) >= 11 is 0. The molecule has 1 aliphatic rings. The fourth-order valence-corrected chi connectivity index (χ4v) is 4.05. The minimum atomic E-state index is 0.112. The maximum Gasteiger partial charge on any atom is 0.223 e. The van der Waals surface area contributed by atoms with Crippen molar-refractivity contribution in [2.24, 2.45) is 17.3 Å². The van der Waals surface area contributed by atoms with Crippen molar-refractivity contribution in [3.8, 4) is 0 Å². The van der Waals surface area contributed by atoms with Crippen LogP contribution >= 0.6 is 0 Å². The van der Waals surface area contributed by atoms with Gasteiger partial charge in [-0.15, -0.1) is 0 Å². The number of rotatable bonds is 4. The van der Waals surface area contributed by atoms with Crippen molar-refractivity contribution >= 4 is 22.9 Å². The molecule has 0 spiro atoms. The number of nitrogens with one attached hydrogen (secondary N) is 1. The molecule has 0 aromatic carbocycles. The lowest BCUT2D eigenvalue weighted by Crippen LogP contribution is -2.39. The molecule has 0 saturated heterocycles. The van der Waals surface area contributed by atoms with Crippen LogP contribution in [0.15, 0.2) is 12.7 Å². The highest BCUT2D eigenvalue weighted by Gasteiger charge is 2.35. The molecule has 0 aliphatic heterocycles. The van der Waals surface area contributed by atoms with Crippen LogP contribution < -0.4 is 11.1 Å². The number of aromatic nitrogens is 4. The highest BCUT2D eigenvalue weighted by atomic mass is 16.1. The molecule has 2 heterocycles. The van der Waals surface area contributed by atoms with Crippen LogP contribution in [0.4, 0.5) is 5.82 Å². The van der Waals surface area contributed by atoms with E-state index in [2.05, 4.69) is 41.0 Å². The first kappa shape index (κ1) is 16.7. The number of fused-ring (bicyclic) bond motifs is 1. The molecular weight excluding hydrogens is 304 g/mol. The largest absolute Gasteiger partial charge is 0.382 e. The monoisotopic (exact) mass is 330 g/mol. The minimum Gasteiger partial charge on any atom is -0.382 e. The first-order valence-electron chi connectivity index (χ1n) is 8.55. The lowest BCUT2D eigenvalue weighted by Gasteiger charge is -2.38. The van der Waals surface area contributed by atoms with E-state index in [4.69, 9.17) is 5.73 Å². The van der Waals surface area contributed by atoms with E-state index in [1.54, 1.807) is 6.33 Å². The van der Waals surface area contributed by atoms with E-state index >= 15 is 0 Å². The van der Waals surface area contributed by atoms with Gasteiger partial charge in [-0.25, -0.2) is 15.0 Å². The van der Waals surface area contributed by atoms with Crippen LogP contribution in [0.3, 0.4) is 0 Å². The number of hydrogen-bond donors (Lipinski definition) is 2. The van der Waals surface area contributed by atoms with Gasteiger partial charge in [0.1, 0.15) is 11.8 Å². The van der Waals surface area contributed by atoms with Gasteiger partial charge in [0.15, 0.2) is 11.5 Å².